The molecule has 4 aromatic rings. The van der Waals surface area contributed by atoms with Crippen LogP contribution in [0, 0.1) is 6.92 Å². The maximum absolute atomic E-state index is 7.88. The third-order valence-corrected chi connectivity index (χ3v) is 6.60. The summed E-state index contributed by atoms with van der Waals surface area (Å²) >= 11 is 0. The van der Waals surface area contributed by atoms with E-state index in [4.69, 9.17) is 5.79 Å². The Bertz CT molecular complexity index is 1360. The number of hydrogen-bond acceptors (Lipinski definition) is 4. The molecule has 0 fully saturated rings. The van der Waals surface area contributed by atoms with E-state index >= 15 is 0 Å². The molecule has 0 spiro atoms. The molecule has 0 radical (unpaired) electrons. The number of pyridine rings is 1. The maximum atomic E-state index is 7.88. The van der Waals surface area contributed by atoms with Gasteiger partial charge in [-0.05, 0) is 54.5 Å². The van der Waals surface area contributed by atoms with Gasteiger partial charge in [0.1, 0.15) is 6.17 Å². The predicted molar refractivity (Wildman–Crippen MR) is 134 cm³/mol. The van der Waals surface area contributed by atoms with Crippen molar-refractivity contribution in [3.63, 3.8) is 0 Å². The van der Waals surface area contributed by atoms with E-state index in [2.05, 4.69) is 99.1 Å². The van der Waals surface area contributed by atoms with Crippen molar-refractivity contribution < 1.29 is 5.79 Å². The second kappa shape index (κ2) is 7.70. The lowest BCUT2D eigenvalue weighted by atomic mass is 9.92. The molecule has 0 amide bonds. The average molecular weight is 427 g/mol. The van der Waals surface area contributed by atoms with Crippen LogP contribution in [0.15, 0.2) is 65.5 Å². The first-order chi connectivity index (χ1) is 15.8. The molecule has 5 rings (SSSR count). The van der Waals surface area contributed by atoms with Gasteiger partial charge in [-0.25, -0.2) is 4.98 Å². The molecule has 0 N–H and O–H groups in total. The number of para-hydroxylation sites is 1. The lowest BCUT2D eigenvalue weighted by molar-refractivity contribution is 0.648. The van der Waals surface area contributed by atoms with Crippen LogP contribution in [0.3, 0.4) is 0 Å². The van der Waals surface area contributed by atoms with E-state index in [9.17, 15) is 0 Å². The van der Waals surface area contributed by atoms with Crippen molar-refractivity contribution in [2.75, 3.05) is 9.80 Å². The Hall–Kier alpha value is -3.27. The van der Waals surface area contributed by atoms with Gasteiger partial charge >= 0.3 is 0 Å². The van der Waals surface area contributed by atoms with Crippen LogP contribution in [0.4, 0.5) is 11.4 Å². The Kier molecular flexibility index (Phi) is 4.67. The average Bonchev–Trinajstić information content (AvgIpc) is 3.32. The first-order valence-corrected chi connectivity index (χ1v) is 11.4. The number of benzene rings is 2. The van der Waals surface area contributed by atoms with Crippen LogP contribution in [-0.4, -0.2) is 11.1 Å². The zero-order valence-corrected chi connectivity index (χ0v) is 19.7. The molecule has 0 bridgehead atoms. The summed E-state index contributed by atoms with van der Waals surface area (Å²) in [6.07, 6.45) is 4.65. The number of nitrogens with zero attached hydrogens (tertiary/aromatic N) is 3. The fourth-order valence-electron chi connectivity index (χ4n) is 4.89. The number of aromatic nitrogens is 1. The van der Waals surface area contributed by atoms with Gasteiger partial charge in [-0.2, -0.15) is 0 Å². The number of furan rings is 1. The first-order valence-electron chi connectivity index (χ1n) is 11.9. The molecule has 1 atom stereocenters. The molecule has 2 aromatic carbocycles. The summed E-state index contributed by atoms with van der Waals surface area (Å²) in [6, 6.07) is 14.6. The second-order valence-electron chi connectivity index (χ2n) is 9.34. The molecular formula is C28H31N3O. The Balaban J connectivity index is 1.65. The number of rotatable bonds is 4. The maximum Gasteiger partial charge on any atom is 0.227 e. The third-order valence-electron chi connectivity index (χ3n) is 6.60. The molecule has 4 nitrogen and oxygen atoms in total. The van der Waals surface area contributed by atoms with Gasteiger partial charge in [0.15, 0.2) is 5.58 Å². The summed E-state index contributed by atoms with van der Waals surface area (Å²) in [5.74, 6) is 0.859. The topological polar surface area (TPSA) is 32.5 Å². The van der Waals surface area contributed by atoms with E-state index < -0.39 is 0 Å². The Morgan fingerprint density at radius 1 is 0.875 bits per heavy atom. The van der Waals surface area contributed by atoms with Gasteiger partial charge in [0, 0.05) is 35.0 Å². The molecule has 0 saturated heterocycles. The van der Waals surface area contributed by atoms with Gasteiger partial charge in [0.25, 0.3) is 0 Å². The molecule has 1 aliphatic heterocycles. The third kappa shape index (κ3) is 3.09. The summed E-state index contributed by atoms with van der Waals surface area (Å²) < 4.78 is 14.1. The van der Waals surface area contributed by atoms with Crippen LogP contribution in [-0.2, 0) is 0 Å². The SMILES string of the molecule is [2H]c1ccc2c(n1)oc1c(N3C=CN(c4c(C(C)C)cccc4C(C)C)[C@@H]3C)c(C)ccc12. The van der Waals surface area contributed by atoms with E-state index in [1.54, 1.807) is 6.07 Å². The fraction of sp³-hybridized carbons (Fsp3) is 0.321. The van der Waals surface area contributed by atoms with Crippen LogP contribution in [0.1, 0.15) is 64.5 Å². The van der Waals surface area contributed by atoms with E-state index in [-0.39, 0.29) is 12.3 Å². The Morgan fingerprint density at radius 3 is 2.19 bits per heavy atom. The predicted octanol–water partition coefficient (Wildman–Crippen LogP) is 7.68. The Morgan fingerprint density at radius 2 is 1.53 bits per heavy atom. The van der Waals surface area contributed by atoms with Crippen LogP contribution in [0.5, 0.6) is 0 Å². The number of anilines is 2. The van der Waals surface area contributed by atoms with E-state index in [1.807, 2.05) is 6.07 Å². The lowest BCUT2D eigenvalue weighted by Crippen LogP contribution is -2.37. The van der Waals surface area contributed by atoms with Crippen molar-refractivity contribution in [2.24, 2.45) is 0 Å². The summed E-state index contributed by atoms with van der Waals surface area (Å²) in [6.45, 7) is 13.4. The normalized spacial score (nSPS) is 16.9. The molecule has 1 aliphatic rings. The van der Waals surface area contributed by atoms with Crippen molar-refractivity contribution in [1.82, 2.24) is 4.98 Å². The minimum Gasteiger partial charge on any atom is -0.435 e. The van der Waals surface area contributed by atoms with Crippen molar-refractivity contribution in [2.45, 2.75) is 59.5 Å². The highest BCUT2D eigenvalue weighted by Crippen LogP contribution is 2.43. The highest BCUT2D eigenvalue weighted by Gasteiger charge is 2.31. The Labute approximate surface area is 191 Å². The monoisotopic (exact) mass is 426 g/mol. The molecule has 164 valence electrons. The van der Waals surface area contributed by atoms with Gasteiger partial charge in [-0.3, -0.25) is 0 Å². The van der Waals surface area contributed by atoms with Gasteiger partial charge in [0.05, 0.1) is 7.06 Å². The second-order valence-corrected chi connectivity index (χ2v) is 9.34. The van der Waals surface area contributed by atoms with Crippen LogP contribution in [0.2, 0.25) is 0 Å². The van der Waals surface area contributed by atoms with Crippen molar-refractivity contribution in [3.8, 4) is 0 Å². The van der Waals surface area contributed by atoms with Crippen molar-refractivity contribution in [3.05, 3.63) is 77.7 Å². The molecule has 3 heterocycles. The minimum atomic E-state index is 0.0830. The van der Waals surface area contributed by atoms with Gasteiger partial charge in [-0.15, -0.1) is 0 Å². The van der Waals surface area contributed by atoms with Crippen molar-refractivity contribution >= 4 is 33.4 Å². The minimum absolute atomic E-state index is 0.0830. The van der Waals surface area contributed by atoms with E-state index in [1.165, 1.54) is 16.8 Å². The highest BCUT2D eigenvalue weighted by molar-refractivity contribution is 6.08. The van der Waals surface area contributed by atoms with Gasteiger partial charge < -0.3 is 14.2 Å². The highest BCUT2D eigenvalue weighted by atomic mass is 16.3. The fourth-order valence-corrected chi connectivity index (χ4v) is 4.89. The summed E-state index contributed by atoms with van der Waals surface area (Å²) in [5, 5.41) is 1.98. The zero-order chi connectivity index (χ0) is 23.4. The molecule has 4 heteroatoms. The largest absolute Gasteiger partial charge is 0.435 e. The number of fused-ring (bicyclic) bond motifs is 3. The van der Waals surface area contributed by atoms with Crippen LogP contribution in [0.25, 0.3) is 22.1 Å². The molecule has 0 saturated carbocycles. The molecule has 32 heavy (non-hydrogen) atoms. The van der Waals surface area contributed by atoms with Gasteiger partial charge in [-0.1, -0.05) is 58.0 Å². The molecule has 2 aromatic heterocycles. The quantitative estimate of drug-likeness (QED) is 0.335. The van der Waals surface area contributed by atoms with Crippen LogP contribution >= 0.6 is 0 Å². The molecular weight excluding hydrogens is 394 g/mol. The zero-order valence-electron chi connectivity index (χ0n) is 20.7. The van der Waals surface area contributed by atoms with Gasteiger partial charge in [0.2, 0.25) is 5.71 Å². The molecule has 0 unspecified atom stereocenters. The van der Waals surface area contributed by atoms with E-state index in [0.29, 0.717) is 17.5 Å². The summed E-state index contributed by atoms with van der Waals surface area (Å²) in [7, 11) is 0. The first kappa shape index (κ1) is 19.4. The van der Waals surface area contributed by atoms with E-state index in [0.717, 1.165) is 27.6 Å². The summed E-state index contributed by atoms with van der Waals surface area (Å²) in [5.41, 5.74) is 7.58. The smallest absolute Gasteiger partial charge is 0.227 e. The number of aryl methyl sites for hydroxylation is 1. The summed E-state index contributed by atoms with van der Waals surface area (Å²) in [4.78, 5) is 9.00. The number of hydrogen-bond donors (Lipinski definition) is 0. The molecule has 0 aliphatic carbocycles. The van der Waals surface area contributed by atoms with Crippen LogP contribution < -0.4 is 9.80 Å². The van der Waals surface area contributed by atoms with Crippen molar-refractivity contribution in [1.29, 1.82) is 0 Å². The lowest BCUT2D eigenvalue weighted by Gasteiger charge is -2.34. The standard InChI is InChI=1S/C28H31N3O/c1-17(2)21-9-7-10-22(18(3)4)26(21)31-16-15-30(20(31)6)25-19(5)12-13-23-24-11-8-14-29-28(24)32-27(23)25/h7-18,20H,1-6H3/t20-/m1/s1/i14D.